The van der Waals surface area contributed by atoms with Crippen LogP contribution in [0.25, 0.3) is 0 Å². The van der Waals surface area contributed by atoms with Gasteiger partial charge < -0.3 is 14.5 Å². The summed E-state index contributed by atoms with van der Waals surface area (Å²) in [6, 6.07) is 3.37. The number of nitrogens with zero attached hydrogens (tertiary/aromatic N) is 2. The number of thiophene rings is 1. The maximum Gasteiger partial charge on any atom is 0.341 e. The number of aromatic nitrogens is 2. The van der Waals surface area contributed by atoms with E-state index in [0.29, 0.717) is 34.5 Å². The Morgan fingerprint density at radius 1 is 1.28 bits per heavy atom. The zero-order valence-corrected chi connectivity index (χ0v) is 20.0. The van der Waals surface area contributed by atoms with Crippen LogP contribution in [0.2, 0.25) is 5.02 Å². The molecular weight excluding hydrogens is 450 g/mol. The Balaban J connectivity index is 1.53. The van der Waals surface area contributed by atoms with Gasteiger partial charge in [-0.1, -0.05) is 18.5 Å². The van der Waals surface area contributed by atoms with E-state index in [1.807, 2.05) is 20.8 Å². The van der Waals surface area contributed by atoms with Crippen LogP contribution in [0.3, 0.4) is 0 Å². The van der Waals surface area contributed by atoms with Gasteiger partial charge in [0.05, 0.1) is 35.1 Å². The highest BCUT2D eigenvalue weighted by Gasteiger charge is 2.28. The summed E-state index contributed by atoms with van der Waals surface area (Å²) in [5.41, 5.74) is 3.10. The average Bonchev–Trinajstić information content (AvgIpc) is 3.45. The van der Waals surface area contributed by atoms with Crippen LogP contribution < -0.4 is 5.32 Å². The van der Waals surface area contributed by atoms with Gasteiger partial charge >= 0.3 is 5.97 Å². The third kappa shape index (κ3) is 4.47. The van der Waals surface area contributed by atoms with Crippen LogP contribution in [0.1, 0.15) is 74.7 Å². The zero-order chi connectivity index (χ0) is 22.8. The van der Waals surface area contributed by atoms with Gasteiger partial charge in [-0.05, 0) is 63.6 Å². The molecule has 3 aromatic heterocycles. The fourth-order valence-corrected chi connectivity index (χ4v) is 5.27. The molecule has 0 saturated heterocycles. The fourth-order valence-electron chi connectivity index (χ4n) is 3.86. The molecule has 1 amide bonds. The van der Waals surface area contributed by atoms with Gasteiger partial charge in [0.15, 0.2) is 5.76 Å². The molecule has 7 nitrogen and oxygen atoms in total. The number of aryl methyl sites for hydroxylation is 2. The monoisotopic (exact) mass is 475 g/mol. The molecule has 0 unspecified atom stereocenters. The average molecular weight is 476 g/mol. The first-order valence-electron chi connectivity index (χ1n) is 10.8. The van der Waals surface area contributed by atoms with Crippen molar-refractivity contribution in [1.82, 2.24) is 9.78 Å². The molecule has 3 aromatic rings. The maximum atomic E-state index is 12.9. The minimum atomic E-state index is -0.397. The number of carbonyl (C=O) groups excluding carboxylic acids is 2. The lowest BCUT2D eigenvalue weighted by Gasteiger charge is -2.12. The number of fused-ring (bicyclic) bond motifs is 1. The smallest absolute Gasteiger partial charge is 0.341 e. The summed E-state index contributed by atoms with van der Waals surface area (Å²) < 4.78 is 12.9. The summed E-state index contributed by atoms with van der Waals surface area (Å²) in [5, 5.41) is 8.44. The second kappa shape index (κ2) is 9.50. The van der Waals surface area contributed by atoms with E-state index in [2.05, 4.69) is 10.4 Å². The lowest BCUT2D eigenvalue weighted by molar-refractivity contribution is 0.0505. The van der Waals surface area contributed by atoms with Crippen molar-refractivity contribution < 1.29 is 18.7 Å². The molecule has 0 aliphatic heterocycles. The van der Waals surface area contributed by atoms with Gasteiger partial charge in [0.2, 0.25) is 0 Å². The quantitative estimate of drug-likeness (QED) is 0.452. The number of furan rings is 1. The van der Waals surface area contributed by atoms with Gasteiger partial charge in [-0.25, -0.2) is 4.79 Å². The highest BCUT2D eigenvalue weighted by atomic mass is 35.5. The summed E-state index contributed by atoms with van der Waals surface area (Å²) in [6.45, 7) is 6.41. The number of esters is 1. The van der Waals surface area contributed by atoms with Crippen molar-refractivity contribution in [2.24, 2.45) is 0 Å². The molecule has 9 heteroatoms. The van der Waals surface area contributed by atoms with Crippen molar-refractivity contribution in [2.45, 2.75) is 59.4 Å². The maximum absolute atomic E-state index is 12.9. The number of anilines is 1. The minimum absolute atomic E-state index is 0.173. The summed E-state index contributed by atoms with van der Waals surface area (Å²) in [5.74, 6) is -0.00813. The number of nitrogens with one attached hydrogen (secondary N) is 1. The molecule has 0 aromatic carbocycles. The lowest BCUT2D eigenvalue weighted by atomic mass is 9.95. The number of amides is 1. The number of ether oxygens (including phenoxy) is 1. The van der Waals surface area contributed by atoms with Crippen LogP contribution in [0, 0.1) is 13.8 Å². The lowest BCUT2D eigenvalue weighted by Crippen LogP contribution is -2.15. The summed E-state index contributed by atoms with van der Waals surface area (Å²) in [6.07, 6.45) is 4.61. The molecule has 32 heavy (non-hydrogen) atoms. The van der Waals surface area contributed by atoms with E-state index in [1.54, 1.807) is 16.8 Å². The molecule has 0 spiro atoms. The summed E-state index contributed by atoms with van der Waals surface area (Å²) in [4.78, 5) is 26.8. The molecule has 1 aliphatic rings. The molecule has 0 bridgehead atoms. The van der Waals surface area contributed by atoms with Crippen molar-refractivity contribution in [1.29, 1.82) is 0 Å². The molecule has 0 atom stereocenters. The molecule has 0 saturated carbocycles. The van der Waals surface area contributed by atoms with Gasteiger partial charge in [-0.2, -0.15) is 5.10 Å². The third-order valence-electron chi connectivity index (χ3n) is 5.52. The number of halogens is 1. The van der Waals surface area contributed by atoms with Crippen molar-refractivity contribution in [3.63, 3.8) is 0 Å². The highest BCUT2D eigenvalue weighted by Crippen LogP contribution is 2.39. The molecule has 1 aliphatic carbocycles. The Bertz CT molecular complexity index is 1160. The molecular formula is C23H26ClN3O4S. The Morgan fingerprint density at radius 2 is 2.06 bits per heavy atom. The Kier molecular flexibility index (Phi) is 6.71. The standard InChI is InChI=1S/C23H26ClN3O4S/c1-4-11-30-23(29)19-16-7-5-6-8-18(16)32-22(19)25-21(28)17-10-9-15(31-17)12-27-14(3)20(24)13(2)26-27/h9-10H,4-8,11-12H2,1-3H3,(H,25,28). The van der Waals surface area contributed by atoms with Gasteiger partial charge in [-0.3, -0.25) is 9.48 Å². The van der Waals surface area contributed by atoms with Crippen molar-refractivity contribution >= 4 is 39.8 Å². The van der Waals surface area contributed by atoms with Gasteiger partial charge in [0.25, 0.3) is 5.91 Å². The van der Waals surface area contributed by atoms with Gasteiger partial charge in [-0.15, -0.1) is 11.3 Å². The topological polar surface area (TPSA) is 86.4 Å². The summed E-state index contributed by atoms with van der Waals surface area (Å²) in [7, 11) is 0. The Morgan fingerprint density at radius 3 is 2.78 bits per heavy atom. The van der Waals surface area contributed by atoms with Crippen LogP contribution in [-0.2, 0) is 24.1 Å². The number of rotatable bonds is 7. The number of hydrogen-bond acceptors (Lipinski definition) is 6. The molecule has 3 heterocycles. The van der Waals surface area contributed by atoms with E-state index in [4.69, 9.17) is 20.8 Å². The Labute approximate surface area is 195 Å². The number of carbonyl (C=O) groups is 2. The molecule has 1 N–H and O–H groups in total. The molecule has 0 fully saturated rings. The van der Waals surface area contributed by atoms with Gasteiger partial charge in [0.1, 0.15) is 10.8 Å². The normalized spacial score (nSPS) is 13.1. The largest absolute Gasteiger partial charge is 0.462 e. The van der Waals surface area contributed by atoms with E-state index in [1.165, 1.54) is 11.3 Å². The molecule has 4 rings (SSSR count). The van der Waals surface area contributed by atoms with E-state index in [0.717, 1.165) is 53.9 Å². The Hall–Kier alpha value is -2.58. The van der Waals surface area contributed by atoms with Crippen LogP contribution in [-0.4, -0.2) is 28.3 Å². The number of hydrogen-bond donors (Lipinski definition) is 1. The van der Waals surface area contributed by atoms with E-state index < -0.39 is 5.91 Å². The van der Waals surface area contributed by atoms with E-state index in [9.17, 15) is 9.59 Å². The SMILES string of the molecule is CCCOC(=O)c1c(NC(=O)c2ccc(Cn3nc(C)c(Cl)c3C)o2)sc2c1CCCC2. The van der Waals surface area contributed by atoms with Crippen LogP contribution >= 0.6 is 22.9 Å². The predicted molar refractivity (Wildman–Crippen MR) is 124 cm³/mol. The minimum Gasteiger partial charge on any atom is -0.462 e. The van der Waals surface area contributed by atoms with Crippen LogP contribution in [0.15, 0.2) is 16.5 Å². The van der Waals surface area contributed by atoms with Crippen molar-refractivity contribution in [3.8, 4) is 0 Å². The highest BCUT2D eigenvalue weighted by molar-refractivity contribution is 7.17. The third-order valence-corrected chi connectivity index (χ3v) is 7.28. The van der Waals surface area contributed by atoms with Crippen molar-refractivity contribution in [2.75, 3.05) is 11.9 Å². The van der Waals surface area contributed by atoms with Crippen LogP contribution in [0.5, 0.6) is 0 Å². The van der Waals surface area contributed by atoms with Crippen LogP contribution in [0.4, 0.5) is 5.00 Å². The van der Waals surface area contributed by atoms with E-state index >= 15 is 0 Å². The second-order valence-electron chi connectivity index (χ2n) is 7.91. The first-order valence-corrected chi connectivity index (χ1v) is 12.0. The summed E-state index contributed by atoms with van der Waals surface area (Å²) >= 11 is 7.67. The fraction of sp³-hybridized carbons (Fsp3) is 0.435. The second-order valence-corrected chi connectivity index (χ2v) is 9.40. The first kappa shape index (κ1) is 22.6. The zero-order valence-electron chi connectivity index (χ0n) is 18.4. The van der Waals surface area contributed by atoms with Gasteiger partial charge in [0, 0.05) is 4.88 Å². The predicted octanol–water partition coefficient (Wildman–Crippen LogP) is 5.55. The van der Waals surface area contributed by atoms with E-state index in [-0.39, 0.29) is 11.7 Å². The molecule has 0 radical (unpaired) electrons. The molecule has 170 valence electrons. The first-order chi connectivity index (χ1) is 15.4. The van der Waals surface area contributed by atoms with Crippen molar-refractivity contribution in [3.05, 3.63) is 56.1 Å².